The Hall–Kier alpha value is -4.39. The number of carbonyl (C=O) groups excluding carboxylic acids is 2. The van der Waals surface area contributed by atoms with Crippen LogP contribution in [0.2, 0.25) is 5.15 Å². The van der Waals surface area contributed by atoms with Crippen molar-refractivity contribution in [2.24, 2.45) is 11.1 Å². The van der Waals surface area contributed by atoms with Gasteiger partial charge in [0.2, 0.25) is 0 Å². The number of nitrogens with two attached hydrogens (primary N) is 1. The topological polar surface area (TPSA) is 160 Å². The van der Waals surface area contributed by atoms with E-state index in [2.05, 4.69) is 9.97 Å². The van der Waals surface area contributed by atoms with Crippen LogP contribution in [0, 0.1) is 5.41 Å². The maximum Gasteiger partial charge on any atom is 0.417 e. The first kappa shape index (κ1) is 41.8. The Balaban J connectivity index is 1.57. The van der Waals surface area contributed by atoms with Gasteiger partial charge in [-0.25, -0.2) is 28.1 Å². The standard InChI is InChI=1S/C37H40ClF3N6O6S2/c1-36(2,3)17-18-46(55(51,52)30-21-45-20-28(38)44-29(45)19-43-30)25(22-48)26-15-16-27(54-26)33(37(39,40)41)47(35(50)53-4)34(49)32(42)31(23-11-7-5-8-12-23)24-13-9-6-10-14-24/h5-16,19-21,25,31-33,48H,17-18,22,42H2,1-4H3/t25-,32+,33-/m1/s1. The number of alkyl halides is 3. The molecule has 0 bridgehead atoms. The zero-order valence-electron chi connectivity index (χ0n) is 30.2. The molecule has 0 aliphatic rings. The Bertz CT molecular complexity index is 2180. The number of aliphatic hydroxyl groups is 1. The van der Waals surface area contributed by atoms with Crippen molar-refractivity contribution in [2.75, 3.05) is 20.3 Å². The van der Waals surface area contributed by atoms with Crippen LogP contribution in [-0.2, 0) is 19.6 Å². The predicted octanol–water partition coefficient (Wildman–Crippen LogP) is 6.96. The third-order valence-electron chi connectivity index (χ3n) is 8.85. The lowest BCUT2D eigenvalue weighted by Crippen LogP contribution is -2.53. The maximum absolute atomic E-state index is 15.2. The van der Waals surface area contributed by atoms with Gasteiger partial charge in [0.15, 0.2) is 16.7 Å². The molecule has 0 radical (unpaired) electrons. The van der Waals surface area contributed by atoms with Crippen LogP contribution >= 0.6 is 22.9 Å². The second kappa shape index (κ2) is 16.8. The van der Waals surface area contributed by atoms with Gasteiger partial charge in [0, 0.05) is 34.6 Å². The SMILES string of the molecule is COC(=O)N(C(=O)[C@@H](N)C(c1ccccc1)c1ccccc1)[C@H](c1ccc([C@@H](CO)N(CCC(C)(C)C)S(=O)(=O)c2cn3cc(Cl)nc3cn2)s1)C(F)(F)F. The van der Waals surface area contributed by atoms with Crippen molar-refractivity contribution in [3.8, 4) is 0 Å². The quantitative estimate of drug-likeness (QED) is 0.128. The minimum absolute atomic E-state index is 0.00370. The van der Waals surface area contributed by atoms with E-state index < -0.39 is 74.2 Å². The molecule has 3 heterocycles. The molecule has 2 aromatic carbocycles. The Morgan fingerprint density at radius 2 is 1.56 bits per heavy atom. The van der Waals surface area contributed by atoms with Crippen molar-refractivity contribution in [1.29, 1.82) is 0 Å². The van der Waals surface area contributed by atoms with E-state index in [0.29, 0.717) is 22.5 Å². The average Bonchev–Trinajstić information content (AvgIpc) is 3.77. The molecule has 3 aromatic heterocycles. The molecule has 2 amide bonds. The first-order chi connectivity index (χ1) is 25.9. The van der Waals surface area contributed by atoms with Gasteiger partial charge in [-0.15, -0.1) is 11.3 Å². The molecule has 0 spiro atoms. The molecule has 3 atom stereocenters. The van der Waals surface area contributed by atoms with Crippen molar-refractivity contribution in [1.82, 2.24) is 23.6 Å². The highest BCUT2D eigenvalue weighted by Crippen LogP contribution is 2.44. The summed E-state index contributed by atoms with van der Waals surface area (Å²) in [5.41, 5.74) is 7.43. The first-order valence-electron chi connectivity index (χ1n) is 16.9. The fourth-order valence-electron chi connectivity index (χ4n) is 6.10. The summed E-state index contributed by atoms with van der Waals surface area (Å²) >= 11 is 6.48. The number of carbonyl (C=O) groups is 2. The van der Waals surface area contributed by atoms with Gasteiger partial charge in [0.1, 0.15) is 5.15 Å². The third kappa shape index (κ3) is 9.36. The van der Waals surface area contributed by atoms with Gasteiger partial charge < -0.3 is 20.0 Å². The summed E-state index contributed by atoms with van der Waals surface area (Å²) in [4.78, 5) is 35.0. The number of thiophene rings is 1. The number of rotatable bonds is 13. The second-order valence-corrected chi connectivity index (χ2v) is 17.2. The molecule has 0 aliphatic heterocycles. The van der Waals surface area contributed by atoms with E-state index in [1.807, 2.05) is 20.8 Å². The zero-order chi connectivity index (χ0) is 40.3. The van der Waals surface area contributed by atoms with E-state index in [4.69, 9.17) is 22.1 Å². The summed E-state index contributed by atoms with van der Waals surface area (Å²) in [6.45, 7) is 4.65. The van der Waals surface area contributed by atoms with Crippen molar-refractivity contribution in [3.63, 3.8) is 0 Å². The lowest BCUT2D eigenvalue weighted by atomic mass is 9.84. The number of halogens is 4. The van der Waals surface area contributed by atoms with Gasteiger partial charge in [-0.05, 0) is 35.1 Å². The van der Waals surface area contributed by atoms with Crippen molar-refractivity contribution >= 4 is 50.6 Å². The summed E-state index contributed by atoms with van der Waals surface area (Å²) in [7, 11) is -3.68. The summed E-state index contributed by atoms with van der Waals surface area (Å²) in [5, 5.41) is 10.4. The number of imidazole rings is 1. The molecule has 294 valence electrons. The molecule has 0 aliphatic carbocycles. The average molecular weight is 821 g/mol. The van der Waals surface area contributed by atoms with Crippen LogP contribution in [0.1, 0.15) is 66.1 Å². The van der Waals surface area contributed by atoms with Crippen LogP contribution in [0.15, 0.2) is 96.4 Å². The van der Waals surface area contributed by atoms with Crippen molar-refractivity contribution in [2.45, 2.75) is 62.4 Å². The Morgan fingerprint density at radius 3 is 2.09 bits per heavy atom. The number of amides is 2. The Morgan fingerprint density at radius 1 is 0.982 bits per heavy atom. The summed E-state index contributed by atoms with van der Waals surface area (Å²) < 4.78 is 81.3. The van der Waals surface area contributed by atoms with Crippen LogP contribution in [0.4, 0.5) is 18.0 Å². The van der Waals surface area contributed by atoms with E-state index >= 15 is 13.2 Å². The van der Waals surface area contributed by atoms with E-state index in [0.717, 1.165) is 17.5 Å². The second-order valence-electron chi connectivity index (χ2n) is 13.9. The van der Waals surface area contributed by atoms with Gasteiger partial charge in [-0.2, -0.15) is 17.5 Å². The molecule has 5 rings (SSSR count). The number of aromatic nitrogens is 3. The van der Waals surface area contributed by atoms with Crippen molar-refractivity contribution < 1.29 is 41.0 Å². The van der Waals surface area contributed by atoms with Crippen LogP contribution in [0.25, 0.3) is 5.65 Å². The number of aliphatic hydroxyl groups excluding tert-OH is 1. The van der Waals surface area contributed by atoms with E-state index in [-0.39, 0.29) is 33.5 Å². The number of ether oxygens (including phenoxy) is 1. The molecular weight excluding hydrogens is 781 g/mol. The number of benzene rings is 2. The minimum Gasteiger partial charge on any atom is -0.452 e. The molecule has 55 heavy (non-hydrogen) atoms. The third-order valence-corrected chi connectivity index (χ3v) is 12.1. The highest BCUT2D eigenvalue weighted by molar-refractivity contribution is 7.89. The van der Waals surface area contributed by atoms with Gasteiger partial charge in [0.05, 0.1) is 32.0 Å². The molecule has 0 saturated heterocycles. The molecule has 0 fully saturated rings. The number of fused-ring (bicyclic) bond motifs is 1. The predicted molar refractivity (Wildman–Crippen MR) is 201 cm³/mol. The largest absolute Gasteiger partial charge is 0.452 e. The highest BCUT2D eigenvalue weighted by Gasteiger charge is 2.52. The van der Waals surface area contributed by atoms with E-state index in [1.54, 1.807) is 60.7 Å². The maximum atomic E-state index is 15.2. The summed E-state index contributed by atoms with van der Waals surface area (Å²) in [5.74, 6) is -2.32. The number of hydrogen-bond donors (Lipinski definition) is 2. The van der Waals surface area contributed by atoms with Gasteiger partial charge in [-0.1, -0.05) is 93.0 Å². The smallest absolute Gasteiger partial charge is 0.417 e. The summed E-state index contributed by atoms with van der Waals surface area (Å²) in [6, 6.07) is 13.2. The van der Waals surface area contributed by atoms with E-state index in [9.17, 15) is 23.1 Å². The fourth-order valence-corrected chi connectivity index (χ4v) is 9.11. The molecule has 3 N–H and O–H groups in total. The number of imide groups is 1. The highest BCUT2D eigenvalue weighted by atomic mass is 35.5. The van der Waals surface area contributed by atoms with Crippen LogP contribution < -0.4 is 5.73 Å². The summed E-state index contributed by atoms with van der Waals surface area (Å²) in [6.07, 6.45) is -2.79. The fraction of sp³-hybridized carbons (Fsp3) is 0.351. The lowest BCUT2D eigenvalue weighted by Gasteiger charge is -2.34. The van der Waals surface area contributed by atoms with Gasteiger partial charge >= 0.3 is 12.3 Å². The number of methoxy groups -OCH3 is 1. The zero-order valence-corrected chi connectivity index (χ0v) is 32.6. The number of sulfonamides is 1. The number of nitrogens with zero attached hydrogens (tertiary/aromatic N) is 5. The van der Waals surface area contributed by atoms with Crippen LogP contribution in [0.3, 0.4) is 0 Å². The van der Waals surface area contributed by atoms with Crippen LogP contribution in [-0.4, -0.2) is 81.6 Å². The Labute approximate surface area is 325 Å². The molecule has 5 aromatic rings. The molecular formula is C37H40ClF3N6O6S2. The molecule has 0 unspecified atom stereocenters. The van der Waals surface area contributed by atoms with Gasteiger partial charge in [0.25, 0.3) is 15.9 Å². The number of hydrogen-bond acceptors (Lipinski definition) is 10. The van der Waals surface area contributed by atoms with Crippen molar-refractivity contribution in [3.05, 3.63) is 117 Å². The first-order valence-corrected chi connectivity index (χ1v) is 19.6. The molecule has 18 heteroatoms. The molecule has 12 nitrogen and oxygen atoms in total. The lowest BCUT2D eigenvalue weighted by molar-refractivity contribution is -0.186. The minimum atomic E-state index is -5.25. The van der Waals surface area contributed by atoms with Crippen LogP contribution in [0.5, 0.6) is 0 Å². The van der Waals surface area contributed by atoms with E-state index in [1.165, 1.54) is 29.1 Å². The normalized spacial score (nSPS) is 14.3. The van der Waals surface area contributed by atoms with Gasteiger partial charge in [-0.3, -0.25) is 4.79 Å². The molecule has 0 saturated carbocycles. The monoisotopic (exact) mass is 820 g/mol. The Kier molecular flexibility index (Phi) is 12.7.